The molecule has 42 heavy (non-hydrogen) atoms. The Morgan fingerprint density at radius 2 is 1.21 bits per heavy atom. The first kappa shape index (κ1) is 34.1. The topological polar surface area (TPSA) is 166 Å². The van der Waals surface area contributed by atoms with Crippen molar-refractivity contribution in [3.8, 4) is 17.3 Å². The van der Waals surface area contributed by atoms with Crippen LogP contribution in [0.4, 0.5) is 0 Å². The summed E-state index contributed by atoms with van der Waals surface area (Å²) in [4.78, 5) is 39.0. The summed E-state index contributed by atoms with van der Waals surface area (Å²) in [5, 5.41) is 26.7. The van der Waals surface area contributed by atoms with Gasteiger partial charge in [0.2, 0.25) is 0 Å². The molecule has 10 heteroatoms. The molecule has 0 saturated heterocycles. The summed E-state index contributed by atoms with van der Waals surface area (Å²) >= 11 is 0. The van der Waals surface area contributed by atoms with Gasteiger partial charge in [-0.05, 0) is 37.1 Å². The zero-order chi connectivity index (χ0) is 30.7. The van der Waals surface area contributed by atoms with Gasteiger partial charge in [0.25, 0.3) is 5.91 Å². The number of rotatable bonds is 16. The molecule has 1 amide bonds. The minimum atomic E-state index is -0.666. The molecular weight excluding hydrogens is 540 g/mol. The Bertz CT molecular complexity index is 1210. The molecule has 4 heterocycles. The lowest BCUT2D eigenvalue weighted by Gasteiger charge is -1.97. The standard InChI is InChI=1S/C14H8N2O4.2C9H18O2/c17-13-9-10(12(16-13)8-4-2-6-20-8)14(18)15-11(9)7-3-1-5-19-7;2*1-2-3-4-5-6-7-8-9(10)11/h1-6,15,18H;2*2-8H2,1H3,(H,10,11). The third-order valence-corrected chi connectivity index (χ3v) is 6.65. The van der Waals surface area contributed by atoms with Crippen LogP contribution < -0.4 is 0 Å². The van der Waals surface area contributed by atoms with Crippen molar-refractivity contribution in [1.82, 2.24) is 4.98 Å². The predicted octanol–water partition coefficient (Wildman–Crippen LogP) is 8.21. The van der Waals surface area contributed by atoms with E-state index in [9.17, 15) is 19.5 Å². The van der Waals surface area contributed by atoms with Crippen LogP contribution in [-0.4, -0.2) is 43.9 Å². The minimum Gasteiger partial charge on any atom is -0.494 e. The fraction of sp³-hybridized carbons (Fsp3) is 0.500. The second kappa shape index (κ2) is 19.1. The van der Waals surface area contributed by atoms with Crippen molar-refractivity contribution in [2.45, 2.75) is 104 Å². The highest BCUT2D eigenvalue weighted by Gasteiger charge is 2.35. The Morgan fingerprint density at radius 3 is 1.67 bits per heavy atom. The number of aliphatic carboxylic acids is 2. The average molecular weight is 585 g/mol. The van der Waals surface area contributed by atoms with Gasteiger partial charge in [0, 0.05) is 12.8 Å². The molecule has 1 aliphatic rings. The number of nitrogens with zero attached hydrogens (tertiary/aromatic N) is 1. The lowest BCUT2D eigenvalue weighted by atomic mass is 10.1. The van der Waals surface area contributed by atoms with E-state index in [0.29, 0.717) is 46.9 Å². The van der Waals surface area contributed by atoms with Gasteiger partial charge in [-0.2, -0.15) is 0 Å². The highest BCUT2D eigenvalue weighted by Crippen LogP contribution is 2.38. The van der Waals surface area contributed by atoms with Crippen LogP contribution in [0, 0.1) is 0 Å². The number of carboxylic acid groups (broad SMARTS) is 2. The number of aliphatic imine (C=N–C) groups is 1. The molecule has 0 bridgehead atoms. The van der Waals surface area contributed by atoms with E-state index in [1.54, 1.807) is 24.3 Å². The largest absolute Gasteiger partial charge is 0.494 e. The van der Waals surface area contributed by atoms with Crippen molar-refractivity contribution in [1.29, 1.82) is 0 Å². The number of unbranched alkanes of at least 4 members (excludes halogenated alkanes) is 10. The van der Waals surface area contributed by atoms with Gasteiger partial charge in [0.05, 0.1) is 29.3 Å². The number of aromatic amines is 1. The summed E-state index contributed by atoms with van der Waals surface area (Å²) in [6, 6.07) is 6.77. The number of carboxylic acids is 2. The van der Waals surface area contributed by atoms with Crippen LogP contribution in [0.5, 0.6) is 5.88 Å². The summed E-state index contributed by atoms with van der Waals surface area (Å²) in [7, 11) is 0. The van der Waals surface area contributed by atoms with E-state index in [2.05, 4.69) is 23.8 Å². The molecule has 4 rings (SSSR count). The molecule has 0 spiro atoms. The molecule has 0 fully saturated rings. The molecule has 0 atom stereocenters. The van der Waals surface area contributed by atoms with Crippen molar-refractivity contribution in [3.63, 3.8) is 0 Å². The van der Waals surface area contributed by atoms with Crippen LogP contribution >= 0.6 is 0 Å². The van der Waals surface area contributed by atoms with E-state index in [1.165, 1.54) is 63.9 Å². The normalized spacial score (nSPS) is 11.7. The molecule has 0 saturated carbocycles. The summed E-state index contributed by atoms with van der Waals surface area (Å²) in [6.45, 7) is 4.36. The summed E-state index contributed by atoms with van der Waals surface area (Å²) in [5.41, 5.74) is 1.37. The number of aromatic nitrogens is 1. The molecule has 0 radical (unpaired) electrons. The maximum absolute atomic E-state index is 12.1. The van der Waals surface area contributed by atoms with Gasteiger partial charge in [-0.25, -0.2) is 4.99 Å². The quantitative estimate of drug-likeness (QED) is 0.122. The van der Waals surface area contributed by atoms with E-state index in [4.69, 9.17) is 19.0 Å². The van der Waals surface area contributed by atoms with Crippen LogP contribution in [0.2, 0.25) is 0 Å². The Labute approximate surface area is 246 Å². The molecule has 1 aliphatic heterocycles. The zero-order valence-electron chi connectivity index (χ0n) is 24.7. The summed E-state index contributed by atoms with van der Waals surface area (Å²) in [5.74, 6) is -1.01. The first-order valence-corrected chi connectivity index (χ1v) is 14.9. The molecule has 230 valence electrons. The van der Waals surface area contributed by atoms with Crippen LogP contribution in [0.15, 0.2) is 50.6 Å². The molecule has 0 aromatic carbocycles. The number of H-pyrrole nitrogens is 1. The first-order chi connectivity index (χ1) is 20.3. The van der Waals surface area contributed by atoms with Gasteiger partial charge in [-0.3, -0.25) is 14.4 Å². The van der Waals surface area contributed by atoms with Crippen LogP contribution in [0.25, 0.3) is 11.5 Å². The Hall–Kier alpha value is -4.08. The van der Waals surface area contributed by atoms with E-state index in [1.807, 2.05) is 0 Å². The van der Waals surface area contributed by atoms with E-state index in [-0.39, 0.29) is 5.88 Å². The zero-order valence-corrected chi connectivity index (χ0v) is 24.7. The number of amides is 1. The number of carbonyl (C=O) groups is 3. The molecule has 0 aliphatic carbocycles. The molecule has 0 unspecified atom stereocenters. The SMILES string of the molecule is CCCCCCCCC(=O)O.CCCCCCCCC(=O)O.O=C1N=C(c2ccco2)c2c(O)[nH]c(-c3ccco3)c21. The van der Waals surface area contributed by atoms with Gasteiger partial charge in [-0.1, -0.05) is 78.1 Å². The number of aromatic hydroxyl groups is 1. The Balaban J connectivity index is 0.000000242. The fourth-order valence-corrected chi connectivity index (χ4v) is 4.45. The summed E-state index contributed by atoms with van der Waals surface area (Å²) < 4.78 is 10.5. The number of nitrogens with one attached hydrogen (secondary N) is 1. The van der Waals surface area contributed by atoms with Gasteiger partial charge in [-0.15, -0.1) is 0 Å². The summed E-state index contributed by atoms with van der Waals surface area (Å²) in [6.07, 6.45) is 17.5. The minimum absolute atomic E-state index is 0.132. The van der Waals surface area contributed by atoms with Gasteiger partial charge >= 0.3 is 11.9 Å². The molecule has 10 nitrogen and oxygen atoms in total. The van der Waals surface area contributed by atoms with Gasteiger partial charge < -0.3 is 29.1 Å². The smallest absolute Gasteiger partial charge is 0.303 e. The van der Waals surface area contributed by atoms with E-state index < -0.39 is 17.8 Å². The van der Waals surface area contributed by atoms with Crippen molar-refractivity contribution in [2.24, 2.45) is 4.99 Å². The van der Waals surface area contributed by atoms with Crippen molar-refractivity contribution in [2.75, 3.05) is 0 Å². The maximum Gasteiger partial charge on any atom is 0.303 e. The van der Waals surface area contributed by atoms with Crippen LogP contribution in [0.3, 0.4) is 0 Å². The fourth-order valence-electron chi connectivity index (χ4n) is 4.45. The van der Waals surface area contributed by atoms with Crippen LogP contribution in [-0.2, 0) is 9.59 Å². The molecule has 3 aromatic rings. The van der Waals surface area contributed by atoms with E-state index in [0.717, 1.165) is 25.7 Å². The van der Waals surface area contributed by atoms with Gasteiger partial charge in [0.1, 0.15) is 5.71 Å². The lowest BCUT2D eigenvalue weighted by Crippen LogP contribution is -1.97. The molecule has 4 N–H and O–H groups in total. The Kier molecular flexibility index (Phi) is 15.5. The Morgan fingerprint density at radius 1 is 0.738 bits per heavy atom. The third-order valence-electron chi connectivity index (χ3n) is 6.65. The second-order valence-electron chi connectivity index (χ2n) is 10.1. The first-order valence-electron chi connectivity index (χ1n) is 14.9. The number of carbonyl (C=O) groups excluding carboxylic acids is 1. The highest BCUT2D eigenvalue weighted by molar-refractivity contribution is 6.29. The highest BCUT2D eigenvalue weighted by atomic mass is 16.4. The monoisotopic (exact) mass is 584 g/mol. The number of furan rings is 2. The van der Waals surface area contributed by atoms with Crippen molar-refractivity contribution >= 4 is 23.6 Å². The van der Waals surface area contributed by atoms with Crippen molar-refractivity contribution in [3.05, 3.63) is 53.7 Å². The maximum atomic E-state index is 12.1. The van der Waals surface area contributed by atoms with Gasteiger partial charge in [0.15, 0.2) is 17.4 Å². The number of hydrogen-bond donors (Lipinski definition) is 4. The second-order valence-corrected chi connectivity index (χ2v) is 10.1. The average Bonchev–Trinajstić information content (AvgIpc) is 3.76. The number of fused-ring (bicyclic) bond motifs is 1. The lowest BCUT2D eigenvalue weighted by molar-refractivity contribution is -0.138. The third kappa shape index (κ3) is 11.4. The molecule has 3 aromatic heterocycles. The van der Waals surface area contributed by atoms with E-state index >= 15 is 0 Å². The van der Waals surface area contributed by atoms with Crippen molar-refractivity contribution < 1.29 is 38.5 Å². The van der Waals surface area contributed by atoms with Crippen LogP contribution in [0.1, 0.15) is 125 Å². The number of hydrogen-bond acceptors (Lipinski definition) is 6. The molecular formula is C32H44N2O8. The predicted molar refractivity (Wildman–Crippen MR) is 160 cm³/mol.